The first-order chi connectivity index (χ1) is 7.56. The molecular weight excluding hydrogens is 202 g/mol. The highest BCUT2D eigenvalue weighted by Crippen LogP contribution is 2.03. The smallest absolute Gasteiger partial charge is 0.251 e. The molecule has 84 valence electrons. The summed E-state index contributed by atoms with van der Waals surface area (Å²) >= 11 is 0. The Morgan fingerprint density at radius 2 is 2.06 bits per heavy atom. The molecule has 0 atom stereocenters. The second kappa shape index (κ2) is 3.96. The van der Waals surface area contributed by atoms with E-state index in [4.69, 9.17) is 0 Å². The van der Waals surface area contributed by atoms with E-state index >= 15 is 0 Å². The van der Waals surface area contributed by atoms with Crippen LogP contribution in [-0.4, -0.2) is 14.3 Å². The van der Waals surface area contributed by atoms with Crippen LogP contribution in [0, 0.1) is 13.8 Å². The molecule has 2 aromatic heterocycles. The van der Waals surface area contributed by atoms with Crippen molar-refractivity contribution in [2.45, 2.75) is 20.4 Å². The van der Waals surface area contributed by atoms with Crippen LogP contribution in [0.2, 0.25) is 0 Å². The summed E-state index contributed by atoms with van der Waals surface area (Å²) < 4.78 is 3.49. The Morgan fingerprint density at radius 3 is 2.62 bits per heavy atom. The Labute approximate surface area is 94.1 Å². The molecule has 4 nitrogen and oxygen atoms in total. The quantitative estimate of drug-likeness (QED) is 0.759. The number of aryl methyl sites for hydroxylation is 3. The van der Waals surface area contributed by atoms with Crippen molar-refractivity contribution in [3.05, 3.63) is 51.7 Å². The number of aromatic nitrogens is 3. The van der Waals surface area contributed by atoms with Crippen molar-refractivity contribution in [3.8, 4) is 0 Å². The molecule has 0 aliphatic rings. The molecule has 0 spiro atoms. The second-order valence-corrected chi connectivity index (χ2v) is 4.07. The van der Waals surface area contributed by atoms with Gasteiger partial charge in [-0.15, -0.1) is 0 Å². The summed E-state index contributed by atoms with van der Waals surface area (Å²) in [7, 11) is 1.89. The van der Waals surface area contributed by atoms with Crippen LogP contribution in [0.3, 0.4) is 0 Å². The van der Waals surface area contributed by atoms with E-state index in [1.54, 1.807) is 10.6 Å². The standard InChI is InChI=1S/C12H15N3O/c1-9-4-5-15(12(16)6-9)8-11-7-10(2)13-14(11)3/h4-7H,8H2,1-3H3. The van der Waals surface area contributed by atoms with E-state index in [2.05, 4.69) is 5.10 Å². The number of hydrogen-bond donors (Lipinski definition) is 0. The molecule has 0 bridgehead atoms. The molecule has 0 aliphatic carbocycles. The first-order valence-electron chi connectivity index (χ1n) is 5.23. The Morgan fingerprint density at radius 1 is 1.31 bits per heavy atom. The maximum absolute atomic E-state index is 11.7. The molecule has 0 radical (unpaired) electrons. The van der Waals surface area contributed by atoms with E-state index in [9.17, 15) is 4.79 Å². The molecule has 0 saturated carbocycles. The number of hydrogen-bond acceptors (Lipinski definition) is 2. The summed E-state index contributed by atoms with van der Waals surface area (Å²) in [5, 5.41) is 4.26. The minimum absolute atomic E-state index is 0.0267. The van der Waals surface area contributed by atoms with Gasteiger partial charge in [0.2, 0.25) is 0 Å². The fourth-order valence-corrected chi connectivity index (χ4v) is 1.72. The van der Waals surface area contributed by atoms with Crippen molar-refractivity contribution in [1.82, 2.24) is 14.3 Å². The molecular formula is C12H15N3O. The molecule has 2 aromatic rings. The fourth-order valence-electron chi connectivity index (χ4n) is 1.72. The molecule has 16 heavy (non-hydrogen) atoms. The molecule has 0 N–H and O–H groups in total. The third-order valence-electron chi connectivity index (χ3n) is 2.58. The normalized spacial score (nSPS) is 10.7. The zero-order valence-corrected chi connectivity index (χ0v) is 9.77. The van der Waals surface area contributed by atoms with Crippen LogP contribution in [-0.2, 0) is 13.6 Å². The average molecular weight is 217 g/mol. The van der Waals surface area contributed by atoms with Crippen LogP contribution in [0.5, 0.6) is 0 Å². The first-order valence-corrected chi connectivity index (χ1v) is 5.23. The van der Waals surface area contributed by atoms with E-state index in [1.807, 2.05) is 43.9 Å². The lowest BCUT2D eigenvalue weighted by Gasteiger charge is -2.05. The SMILES string of the molecule is Cc1ccn(Cc2cc(C)nn2C)c(=O)c1. The average Bonchev–Trinajstić information content (AvgIpc) is 2.50. The van der Waals surface area contributed by atoms with Gasteiger partial charge in [0.1, 0.15) is 0 Å². The van der Waals surface area contributed by atoms with Gasteiger partial charge in [0.05, 0.1) is 17.9 Å². The monoisotopic (exact) mass is 217 g/mol. The highest BCUT2D eigenvalue weighted by atomic mass is 16.1. The minimum Gasteiger partial charge on any atom is -0.310 e. The predicted molar refractivity (Wildman–Crippen MR) is 62.5 cm³/mol. The maximum Gasteiger partial charge on any atom is 0.251 e. The summed E-state index contributed by atoms with van der Waals surface area (Å²) in [4.78, 5) is 11.7. The van der Waals surface area contributed by atoms with Gasteiger partial charge in [0.25, 0.3) is 5.56 Å². The van der Waals surface area contributed by atoms with Crippen molar-refractivity contribution in [2.24, 2.45) is 7.05 Å². The lowest BCUT2D eigenvalue weighted by Crippen LogP contribution is -2.20. The lowest BCUT2D eigenvalue weighted by molar-refractivity contribution is 0.650. The van der Waals surface area contributed by atoms with E-state index in [-0.39, 0.29) is 5.56 Å². The molecule has 0 aromatic carbocycles. The van der Waals surface area contributed by atoms with Gasteiger partial charge in [0.15, 0.2) is 0 Å². The summed E-state index contributed by atoms with van der Waals surface area (Å²) in [6.45, 7) is 4.43. The molecule has 0 fully saturated rings. The van der Waals surface area contributed by atoms with Crippen molar-refractivity contribution < 1.29 is 0 Å². The van der Waals surface area contributed by atoms with Gasteiger partial charge in [-0.2, -0.15) is 5.10 Å². The molecule has 4 heteroatoms. The summed E-state index contributed by atoms with van der Waals surface area (Å²) in [5.41, 5.74) is 3.02. The largest absolute Gasteiger partial charge is 0.310 e. The molecule has 2 heterocycles. The van der Waals surface area contributed by atoms with Gasteiger partial charge in [-0.1, -0.05) is 0 Å². The Bertz CT molecular complexity index is 566. The summed E-state index contributed by atoms with van der Waals surface area (Å²) in [6, 6.07) is 5.57. The number of rotatable bonds is 2. The Kier molecular flexibility index (Phi) is 2.64. The van der Waals surface area contributed by atoms with E-state index in [1.165, 1.54) is 0 Å². The van der Waals surface area contributed by atoms with Gasteiger partial charge in [-0.25, -0.2) is 0 Å². The zero-order chi connectivity index (χ0) is 11.7. The third kappa shape index (κ3) is 2.05. The van der Waals surface area contributed by atoms with Crippen LogP contribution in [0.15, 0.2) is 29.2 Å². The Hall–Kier alpha value is -1.84. The second-order valence-electron chi connectivity index (χ2n) is 4.07. The topological polar surface area (TPSA) is 39.8 Å². The minimum atomic E-state index is 0.0267. The van der Waals surface area contributed by atoms with Crippen LogP contribution < -0.4 is 5.56 Å². The Balaban J connectivity index is 2.34. The van der Waals surface area contributed by atoms with Crippen molar-refractivity contribution in [3.63, 3.8) is 0 Å². The highest BCUT2D eigenvalue weighted by molar-refractivity contribution is 5.12. The maximum atomic E-state index is 11.7. The van der Waals surface area contributed by atoms with E-state index in [0.717, 1.165) is 17.0 Å². The molecule has 0 aliphatic heterocycles. The zero-order valence-electron chi connectivity index (χ0n) is 9.77. The molecule has 2 rings (SSSR count). The van der Waals surface area contributed by atoms with E-state index < -0.39 is 0 Å². The van der Waals surface area contributed by atoms with Gasteiger partial charge < -0.3 is 4.57 Å². The number of nitrogens with zero attached hydrogens (tertiary/aromatic N) is 3. The van der Waals surface area contributed by atoms with Crippen molar-refractivity contribution in [2.75, 3.05) is 0 Å². The molecule has 0 amide bonds. The van der Waals surface area contributed by atoms with Crippen LogP contribution >= 0.6 is 0 Å². The van der Waals surface area contributed by atoms with Crippen LogP contribution in [0.1, 0.15) is 17.0 Å². The van der Waals surface area contributed by atoms with Gasteiger partial charge in [-0.3, -0.25) is 9.48 Å². The fraction of sp³-hybridized carbons (Fsp3) is 0.333. The summed E-state index contributed by atoms with van der Waals surface area (Å²) in [5.74, 6) is 0. The predicted octanol–water partition coefficient (Wildman–Crippen LogP) is 1.25. The van der Waals surface area contributed by atoms with Crippen molar-refractivity contribution in [1.29, 1.82) is 0 Å². The van der Waals surface area contributed by atoms with Gasteiger partial charge >= 0.3 is 0 Å². The van der Waals surface area contributed by atoms with Crippen LogP contribution in [0.4, 0.5) is 0 Å². The van der Waals surface area contributed by atoms with Gasteiger partial charge in [-0.05, 0) is 31.5 Å². The highest BCUT2D eigenvalue weighted by Gasteiger charge is 2.03. The number of pyridine rings is 1. The van der Waals surface area contributed by atoms with Gasteiger partial charge in [0, 0.05) is 19.3 Å². The first kappa shape index (κ1) is 10.7. The molecule has 0 unspecified atom stereocenters. The van der Waals surface area contributed by atoms with E-state index in [0.29, 0.717) is 6.54 Å². The third-order valence-corrected chi connectivity index (χ3v) is 2.58. The van der Waals surface area contributed by atoms with Crippen molar-refractivity contribution >= 4 is 0 Å². The summed E-state index contributed by atoms with van der Waals surface area (Å²) in [6.07, 6.45) is 1.82. The van der Waals surface area contributed by atoms with Crippen LogP contribution in [0.25, 0.3) is 0 Å². The molecule has 0 saturated heterocycles. The lowest BCUT2D eigenvalue weighted by atomic mass is 10.3.